The number of aliphatic hydroxyl groups is 1. The van der Waals surface area contributed by atoms with Gasteiger partial charge in [-0.3, -0.25) is 0 Å². The Kier molecular flexibility index (Phi) is 5.15. The molecule has 0 aliphatic carbocycles. The van der Waals surface area contributed by atoms with Crippen LogP contribution in [0.15, 0.2) is 29.2 Å². The maximum absolute atomic E-state index is 12.3. The van der Waals surface area contributed by atoms with Crippen LogP contribution in [0.4, 0.5) is 0 Å². The van der Waals surface area contributed by atoms with E-state index >= 15 is 0 Å². The van der Waals surface area contributed by atoms with Gasteiger partial charge in [0, 0.05) is 12.6 Å². The quantitative estimate of drug-likeness (QED) is 0.820. The van der Waals surface area contributed by atoms with Gasteiger partial charge >= 0.3 is 0 Å². The molecule has 5 nitrogen and oxygen atoms in total. The van der Waals surface area contributed by atoms with Gasteiger partial charge in [-0.25, -0.2) is 13.1 Å². The van der Waals surface area contributed by atoms with Gasteiger partial charge in [-0.15, -0.1) is 0 Å². The Labute approximate surface area is 120 Å². The van der Waals surface area contributed by atoms with Crippen molar-refractivity contribution in [2.75, 3.05) is 19.6 Å². The van der Waals surface area contributed by atoms with Crippen molar-refractivity contribution in [1.29, 1.82) is 0 Å². The highest BCUT2D eigenvalue weighted by atomic mass is 32.2. The molecule has 0 radical (unpaired) electrons. The maximum Gasteiger partial charge on any atom is 0.240 e. The van der Waals surface area contributed by atoms with E-state index in [0.717, 1.165) is 19.6 Å². The molecule has 0 bridgehead atoms. The van der Waals surface area contributed by atoms with Crippen LogP contribution in [0.1, 0.15) is 25.3 Å². The van der Waals surface area contributed by atoms with E-state index in [4.69, 9.17) is 5.11 Å². The smallest absolute Gasteiger partial charge is 0.240 e. The minimum absolute atomic E-state index is 0.129. The zero-order valence-electron chi connectivity index (χ0n) is 11.7. The summed E-state index contributed by atoms with van der Waals surface area (Å²) >= 11 is 0. The molecular weight excluding hydrogens is 276 g/mol. The summed E-state index contributed by atoms with van der Waals surface area (Å²) in [6, 6.07) is 6.27. The molecule has 1 heterocycles. The predicted octanol–water partition coefficient (Wildman–Crippen LogP) is 0.941. The maximum atomic E-state index is 12.3. The molecule has 112 valence electrons. The van der Waals surface area contributed by atoms with Crippen molar-refractivity contribution in [2.45, 2.75) is 37.3 Å². The summed E-state index contributed by atoms with van der Waals surface area (Å²) in [4.78, 5) is 2.48. The van der Waals surface area contributed by atoms with Gasteiger partial charge in [-0.1, -0.05) is 12.1 Å². The van der Waals surface area contributed by atoms with Crippen LogP contribution in [-0.4, -0.2) is 44.1 Å². The number of nitrogens with one attached hydrogen (secondary N) is 1. The van der Waals surface area contributed by atoms with E-state index in [2.05, 4.69) is 9.62 Å². The van der Waals surface area contributed by atoms with E-state index in [1.165, 1.54) is 18.9 Å². The van der Waals surface area contributed by atoms with Crippen molar-refractivity contribution in [3.63, 3.8) is 0 Å². The van der Waals surface area contributed by atoms with Gasteiger partial charge in [-0.2, -0.15) is 0 Å². The molecule has 1 aliphatic rings. The average molecular weight is 298 g/mol. The minimum Gasteiger partial charge on any atom is -0.392 e. The fraction of sp³-hybridized carbons (Fsp3) is 0.571. The van der Waals surface area contributed by atoms with Crippen LogP contribution >= 0.6 is 0 Å². The lowest BCUT2D eigenvalue weighted by atomic mass is 10.2. The monoisotopic (exact) mass is 298 g/mol. The summed E-state index contributed by atoms with van der Waals surface area (Å²) in [6.07, 6.45) is 2.38. The number of aliphatic hydroxyl groups excluding tert-OH is 1. The molecule has 1 fully saturated rings. The zero-order chi connectivity index (χ0) is 14.6. The van der Waals surface area contributed by atoms with Gasteiger partial charge in [0.1, 0.15) is 0 Å². The average Bonchev–Trinajstić information content (AvgIpc) is 2.91. The normalized spacial score (nSPS) is 18.3. The largest absolute Gasteiger partial charge is 0.392 e. The predicted molar refractivity (Wildman–Crippen MR) is 77.8 cm³/mol. The van der Waals surface area contributed by atoms with Crippen LogP contribution in [0, 0.1) is 0 Å². The van der Waals surface area contributed by atoms with Gasteiger partial charge in [0.25, 0.3) is 0 Å². The Morgan fingerprint density at radius 3 is 2.70 bits per heavy atom. The molecule has 0 aromatic heterocycles. The molecule has 0 spiro atoms. The van der Waals surface area contributed by atoms with E-state index < -0.39 is 10.0 Å². The Bertz CT molecular complexity index is 539. The molecular formula is C14H22N2O3S. The summed E-state index contributed by atoms with van der Waals surface area (Å²) in [5.41, 5.74) is 0.597. The number of benzene rings is 1. The van der Waals surface area contributed by atoms with Gasteiger partial charge < -0.3 is 10.0 Å². The van der Waals surface area contributed by atoms with E-state index in [1.54, 1.807) is 18.2 Å². The molecule has 1 aromatic rings. The molecule has 0 amide bonds. The first kappa shape index (κ1) is 15.4. The molecule has 1 saturated heterocycles. The summed E-state index contributed by atoms with van der Waals surface area (Å²) < 4.78 is 27.2. The lowest BCUT2D eigenvalue weighted by Crippen LogP contribution is -2.41. The molecule has 6 heteroatoms. The highest BCUT2D eigenvalue weighted by Gasteiger charge is 2.20. The molecule has 2 rings (SSSR count). The lowest BCUT2D eigenvalue weighted by molar-refractivity contribution is 0.281. The van der Waals surface area contributed by atoms with Crippen LogP contribution in [0.2, 0.25) is 0 Å². The van der Waals surface area contributed by atoms with Gasteiger partial charge in [-0.05, 0) is 50.6 Å². The molecule has 1 atom stereocenters. The minimum atomic E-state index is -3.52. The fourth-order valence-corrected chi connectivity index (χ4v) is 3.84. The van der Waals surface area contributed by atoms with Crippen molar-refractivity contribution >= 4 is 10.0 Å². The Morgan fingerprint density at radius 1 is 1.35 bits per heavy atom. The Hall–Kier alpha value is -0.950. The van der Waals surface area contributed by atoms with Crippen molar-refractivity contribution in [3.05, 3.63) is 29.8 Å². The van der Waals surface area contributed by atoms with E-state index in [9.17, 15) is 8.42 Å². The second-order valence-corrected chi connectivity index (χ2v) is 7.05. The second kappa shape index (κ2) is 6.67. The summed E-state index contributed by atoms with van der Waals surface area (Å²) in [6.45, 7) is 4.55. The third kappa shape index (κ3) is 4.02. The second-order valence-electron chi connectivity index (χ2n) is 5.34. The van der Waals surface area contributed by atoms with Gasteiger partial charge in [0.2, 0.25) is 10.0 Å². The first-order valence-electron chi connectivity index (χ1n) is 6.96. The highest BCUT2D eigenvalue weighted by Crippen LogP contribution is 2.13. The first-order chi connectivity index (χ1) is 9.51. The molecule has 20 heavy (non-hydrogen) atoms. The van der Waals surface area contributed by atoms with Crippen LogP contribution in [-0.2, 0) is 16.6 Å². The summed E-state index contributed by atoms with van der Waals surface area (Å²) in [5.74, 6) is 0. The third-order valence-electron chi connectivity index (χ3n) is 3.48. The molecule has 1 aromatic carbocycles. The fourth-order valence-electron chi connectivity index (χ4n) is 2.53. The number of hydrogen-bond acceptors (Lipinski definition) is 4. The van der Waals surface area contributed by atoms with Crippen molar-refractivity contribution < 1.29 is 13.5 Å². The number of sulfonamides is 1. The van der Waals surface area contributed by atoms with Gasteiger partial charge in [0.05, 0.1) is 11.5 Å². The topological polar surface area (TPSA) is 69.6 Å². The van der Waals surface area contributed by atoms with Crippen LogP contribution in [0.3, 0.4) is 0 Å². The van der Waals surface area contributed by atoms with Gasteiger partial charge in [0.15, 0.2) is 0 Å². The summed E-state index contributed by atoms with van der Waals surface area (Å²) in [7, 11) is -3.52. The lowest BCUT2D eigenvalue weighted by Gasteiger charge is -2.21. The van der Waals surface area contributed by atoms with E-state index in [1.807, 2.05) is 6.92 Å². The van der Waals surface area contributed by atoms with Crippen LogP contribution < -0.4 is 4.72 Å². The summed E-state index contributed by atoms with van der Waals surface area (Å²) in [5, 5.41) is 9.08. The number of hydrogen-bond donors (Lipinski definition) is 2. The molecule has 0 saturated carbocycles. The molecule has 2 N–H and O–H groups in total. The zero-order valence-corrected chi connectivity index (χ0v) is 12.6. The SMILES string of the molecule is CC(CN1CCCC1)NS(=O)(=O)c1cccc(CO)c1. The third-order valence-corrected chi connectivity index (χ3v) is 5.07. The van der Waals surface area contributed by atoms with E-state index in [-0.39, 0.29) is 17.5 Å². The van der Waals surface area contributed by atoms with Crippen molar-refractivity contribution in [1.82, 2.24) is 9.62 Å². The number of likely N-dealkylation sites (tertiary alicyclic amines) is 1. The standard InChI is InChI=1S/C14H22N2O3S/c1-12(10-16-7-2-3-8-16)15-20(18,19)14-6-4-5-13(9-14)11-17/h4-6,9,12,15,17H,2-3,7-8,10-11H2,1H3. The Balaban J connectivity index is 2.01. The Morgan fingerprint density at radius 2 is 2.05 bits per heavy atom. The van der Waals surface area contributed by atoms with Crippen LogP contribution in [0.25, 0.3) is 0 Å². The number of rotatable bonds is 6. The first-order valence-corrected chi connectivity index (χ1v) is 8.44. The van der Waals surface area contributed by atoms with Crippen molar-refractivity contribution in [3.8, 4) is 0 Å². The molecule has 1 aliphatic heterocycles. The molecule has 1 unspecified atom stereocenters. The van der Waals surface area contributed by atoms with Crippen LogP contribution in [0.5, 0.6) is 0 Å². The highest BCUT2D eigenvalue weighted by molar-refractivity contribution is 7.89. The van der Waals surface area contributed by atoms with Crippen molar-refractivity contribution in [2.24, 2.45) is 0 Å². The number of nitrogens with zero attached hydrogens (tertiary/aromatic N) is 1. The van der Waals surface area contributed by atoms with E-state index in [0.29, 0.717) is 5.56 Å².